The summed E-state index contributed by atoms with van der Waals surface area (Å²) < 4.78 is 6.26. The molecular weight excluding hydrogens is 341 g/mol. The van der Waals surface area contributed by atoms with Gasteiger partial charge in [-0.3, -0.25) is 0 Å². The molecule has 0 unspecified atom stereocenters. The van der Waals surface area contributed by atoms with Crippen LogP contribution in [-0.2, 0) is 4.74 Å². The zero-order valence-electron chi connectivity index (χ0n) is 11.1. The Morgan fingerprint density at radius 2 is 1.94 bits per heavy atom. The first-order valence-corrected chi connectivity index (χ1v) is 7.55. The number of hydrogen-bond donors (Lipinski definition) is 1. The van der Waals surface area contributed by atoms with Crippen LogP contribution in [0.15, 0.2) is 30.3 Å². The van der Waals surface area contributed by atoms with E-state index in [-0.39, 0.29) is 12.1 Å². The Morgan fingerprint density at radius 1 is 1.33 bits per heavy atom. The lowest BCUT2D eigenvalue weighted by molar-refractivity contribution is 0.0502. The van der Waals surface area contributed by atoms with Crippen molar-refractivity contribution >= 4 is 28.7 Å². The number of alkyl carbamates (subject to hydrolysis) is 1. The van der Waals surface area contributed by atoms with Gasteiger partial charge in [-0.25, -0.2) is 4.79 Å². The van der Waals surface area contributed by atoms with Crippen LogP contribution in [0.25, 0.3) is 0 Å². The molecule has 1 aromatic rings. The standard InChI is InChI=1S/C14H20INO2/c1-14(2,3)18-13(17)16-12(9-10-15)11-7-5-4-6-8-11/h4-8,12H,9-10H2,1-3H3,(H,16,17)/t12-/m0/s1. The topological polar surface area (TPSA) is 38.3 Å². The number of carbonyl (C=O) groups excluding carboxylic acids is 1. The number of alkyl halides is 1. The Hall–Kier alpha value is -0.780. The molecule has 1 aromatic carbocycles. The number of halogens is 1. The lowest BCUT2D eigenvalue weighted by Crippen LogP contribution is -2.35. The van der Waals surface area contributed by atoms with Gasteiger partial charge < -0.3 is 10.1 Å². The molecule has 0 spiro atoms. The zero-order chi connectivity index (χ0) is 13.6. The largest absolute Gasteiger partial charge is 0.444 e. The van der Waals surface area contributed by atoms with Gasteiger partial charge in [-0.2, -0.15) is 0 Å². The normalized spacial score (nSPS) is 12.9. The van der Waals surface area contributed by atoms with Crippen LogP contribution in [0.1, 0.15) is 38.8 Å². The van der Waals surface area contributed by atoms with Crippen LogP contribution >= 0.6 is 22.6 Å². The fourth-order valence-electron chi connectivity index (χ4n) is 1.57. The van der Waals surface area contributed by atoms with Gasteiger partial charge >= 0.3 is 6.09 Å². The minimum atomic E-state index is -0.463. The number of benzene rings is 1. The number of hydrogen-bond acceptors (Lipinski definition) is 2. The van der Waals surface area contributed by atoms with E-state index in [0.717, 1.165) is 16.4 Å². The van der Waals surface area contributed by atoms with Crippen LogP contribution in [0.2, 0.25) is 0 Å². The molecule has 0 aliphatic rings. The SMILES string of the molecule is CC(C)(C)OC(=O)N[C@@H](CCI)c1ccccc1. The Labute approximate surface area is 122 Å². The molecule has 0 saturated carbocycles. The quantitative estimate of drug-likeness (QED) is 0.648. The Morgan fingerprint density at radius 3 is 2.44 bits per heavy atom. The molecule has 0 bridgehead atoms. The van der Waals surface area contributed by atoms with Gasteiger partial charge in [0, 0.05) is 4.43 Å². The summed E-state index contributed by atoms with van der Waals surface area (Å²) in [5.74, 6) is 0. The molecule has 1 amide bonds. The highest BCUT2D eigenvalue weighted by atomic mass is 127. The first-order valence-electron chi connectivity index (χ1n) is 6.03. The summed E-state index contributed by atoms with van der Waals surface area (Å²) in [6.07, 6.45) is 0.533. The highest BCUT2D eigenvalue weighted by Crippen LogP contribution is 2.18. The second-order valence-corrected chi connectivity index (χ2v) is 6.17. The van der Waals surface area contributed by atoms with E-state index in [1.165, 1.54) is 0 Å². The monoisotopic (exact) mass is 361 g/mol. The maximum Gasteiger partial charge on any atom is 0.408 e. The van der Waals surface area contributed by atoms with Gasteiger partial charge in [-0.15, -0.1) is 0 Å². The predicted octanol–water partition coefficient (Wildman–Crippen LogP) is 4.08. The summed E-state index contributed by atoms with van der Waals surface area (Å²) >= 11 is 2.31. The molecule has 1 atom stereocenters. The molecule has 0 radical (unpaired) electrons. The fourth-order valence-corrected chi connectivity index (χ4v) is 2.19. The molecule has 1 N–H and O–H groups in total. The van der Waals surface area contributed by atoms with E-state index in [4.69, 9.17) is 4.74 Å². The van der Waals surface area contributed by atoms with E-state index in [1.807, 2.05) is 51.1 Å². The molecule has 3 nitrogen and oxygen atoms in total. The first-order chi connectivity index (χ1) is 8.42. The van der Waals surface area contributed by atoms with Crippen molar-refractivity contribution in [2.75, 3.05) is 4.43 Å². The summed E-state index contributed by atoms with van der Waals surface area (Å²) in [6.45, 7) is 5.59. The highest BCUT2D eigenvalue weighted by molar-refractivity contribution is 14.1. The molecular formula is C14H20INO2. The molecule has 0 aromatic heterocycles. The van der Waals surface area contributed by atoms with E-state index in [9.17, 15) is 4.79 Å². The zero-order valence-corrected chi connectivity index (χ0v) is 13.2. The molecule has 1 rings (SSSR count). The minimum absolute atomic E-state index is 0.0120. The minimum Gasteiger partial charge on any atom is -0.444 e. The van der Waals surface area contributed by atoms with Crippen molar-refractivity contribution in [1.29, 1.82) is 0 Å². The van der Waals surface area contributed by atoms with Crippen molar-refractivity contribution in [3.05, 3.63) is 35.9 Å². The van der Waals surface area contributed by atoms with Crippen molar-refractivity contribution in [2.24, 2.45) is 0 Å². The molecule has 18 heavy (non-hydrogen) atoms. The average molecular weight is 361 g/mol. The van der Waals surface area contributed by atoms with Gasteiger partial charge in [0.15, 0.2) is 0 Å². The Kier molecular flexibility index (Phi) is 5.91. The van der Waals surface area contributed by atoms with Crippen LogP contribution in [0, 0.1) is 0 Å². The smallest absolute Gasteiger partial charge is 0.408 e. The van der Waals surface area contributed by atoms with Gasteiger partial charge in [0.2, 0.25) is 0 Å². The van der Waals surface area contributed by atoms with Crippen molar-refractivity contribution in [3.63, 3.8) is 0 Å². The maximum absolute atomic E-state index is 11.8. The molecule has 0 fully saturated rings. The lowest BCUT2D eigenvalue weighted by atomic mass is 10.1. The van der Waals surface area contributed by atoms with Gasteiger partial charge in [-0.05, 0) is 32.8 Å². The second kappa shape index (κ2) is 6.97. The number of nitrogens with one attached hydrogen (secondary N) is 1. The second-order valence-electron chi connectivity index (χ2n) is 5.09. The lowest BCUT2D eigenvalue weighted by Gasteiger charge is -2.23. The third-order valence-electron chi connectivity index (χ3n) is 2.29. The third-order valence-corrected chi connectivity index (χ3v) is 2.91. The maximum atomic E-state index is 11.8. The van der Waals surface area contributed by atoms with Crippen LogP contribution in [0.5, 0.6) is 0 Å². The summed E-state index contributed by atoms with van der Waals surface area (Å²) in [5.41, 5.74) is 0.648. The van der Waals surface area contributed by atoms with Gasteiger partial charge in [0.25, 0.3) is 0 Å². The summed E-state index contributed by atoms with van der Waals surface area (Å²) in [7, 11) is 0. The molecule has 0 aliphatic heterocycles. The Bertz CT molecular complexity index is 373. The molecule has 0 heterocycles. The van der Waals surface area contributed by atoms with E-state index in [0.29, 0.717) is 0 Å². The van der Waals surface area contributed by atoms with E-state index >= 15 is 0 Å². The van der Waals surface area contributed by atoms with Crippen LogP contribution < -0.4 is 5.32 Å². The fraction of sp³-hybridized carbons (Fsp3) is 0.500. The number of amides is 1. The van der Waals surface area contributed by atoms with E-state index < -0.39 is 5.60 Å². The Balaban J connectivity index is 2.67. The van der Waals surface area contributed by atoms with Crippen LogP contribution in [0.4, 0.5) is 4.79 Å². The van der Waals surface area contributed by atoms with Crippen molar-refractivity contribution in [3.8, 4) is 0 Å². The average Bonchev–Trinajstić information content (AvgIpc) is 2.27. The summed E-state index contributed by atoms with van der Waals surface area (Å²) in [6, 6.07) is 9.98. The van der Waals surface area contributed by atoms with Gasteiger partial charge in [0.1, 0.15) is 5.60 Å². The van der Waals surface area contributed by atoms with Crippen molar-refractivity contribution < 1.29 is 9.53 Å². The number of ether oxygens (including phenoxy) is 1. The predicted molar refractivity (Wildman–Crippen MR) is 82.1 cm³/mol. The van der Waals surface area contributed by atoms with Crippen LogP contribution in [0.3, 0.4) is 0 Å². The molecule has 0 aliphatic carbocycles. The molecule has 0 saturated heterocycles. The summed E-state index contributed by atoms with van der Waals surface area (Å²) in [5, 5.41) is 2.92. The molecule has 4 heteroatoms. The third kappa shape index (κ3) is 5.71. The molecule has 100 valence electrons. The number of carbonyl (C=O) groups is 1. The van der Waals surface area contributed by atoms with Gasteiger partial charge in [-0.1, -0.05) is 52.9 Å². The number of rotatable bonds is 4. The van der Waals surface area contributed by atoms with Crippen molar-refractivity contribution in [2.45, 2.75) is 38.8 Å². The van der Waals surface area contributed by atoms with Crippen molar-refractivity contribution in [1.82, 2.24) is 5.32 Å². The summed E-state index contributed by atoms with van der Waals surface area (Å²) in [4.78, 5) is 11.8. The van der Waals surface area contributed by atoms with E-state index in [2.05, 4.69) is 27.9 Å². The van der Waals surface area contributed by atoms with E-state index in [1.54, 1.807) is 0 Å². The first kappa shape index (κ1) is 15.3. The van der Waals surface area contributed by atoms with Crippen LogP contribution in [-0.4, -0.2) is 16.1 Å². The van der Waals surface area contributed by atoms with Gasteiger partial charge in [0.05, 0.1) is 6.04 Å². The highest BCUT2D eigenvalue weighted by Gasteiger charge is 2.19.